The van der Waals surface area contributed by atoms with Crippen LogP contribution in [0.15, 0.2) is 77.0 Å². The summed E-state index contributed by atoms with van der Waals surface area (Å²) in [5, 5.41) is 20.6. The Morgan fingerprint density at radius 3 is 2.50 bits per heavy atom. The van der Waals surface area contributed by atoms with E-state index in [1.165, 1.54) is 0 Å². The number of nitrogens with zero attached hydrogens (tertiary/aromatic N) is 4. The third kappa shape index (κ3) is 3.08. The molecule has 0 bridgehead atoms. The van der Waals surface area contributed by atoms with Crippen molar-refractivity contribution in [1.29, 1.82) is 0 Å². The number of nitrogens with one attached hydrogen (secondary N) is 1. The normalized spacial score (nSPS) is 11.7. The molecule has 0 amide bonds. The predicted octanol–water partition coefficient (Wildman–Crippen LogP) is 6.52. The Morgan fingerprint density at radius 2 is 1.67 bits per heavy atom. The number of fused-ring (bicyclic) bond motifs is 2. The van der Waals surface area contributed by atoms with E-state index in [0.717, 1.165) is 44.2 Å². The van der Waals surface area contributed by atoms with Gasteiger partial charge in [0.1, 0.15) is 0 Å². The largest absolute Gasteiger partial charge is 0.493 e. The molecule has 0 aliphatic carbocycles. The molecular weight excluding hydrogens is 374 g/mol. The Bertz CT molecular complexity index is 1420. The minimum atomic E-state index is -0.0252. The fourth-order valence-corrected chi connectivity index (χ4v) is 3.62. The zero-order valence-corrected chi connectivity index (χ0v) is 16.6. The van der Waals surface area contributed by atoms with Crippen LogP contribution >= 0.6 is 0 Å². The number of H-pyrrole nitrogens is 1. The van der Waals surface area contributed by atoms with Gasteiger partial charge in [0.25, 0.3) is 5.95 Å². The maximum absolute atomic E-state index is 10.3. The van der Waals surface area contributed by atoms with Crippen molar-refractivity contribution in [3.05, 3.63) is 77.9 Å². The molecular formula is C24H19N5O. The molecule has 2 N–H and O–H groups in total. The first-order chi connectivity index (χ1) is 14.6. The number of aromatic amines is 1. The molecule has 0 atom stereocenters. The highest BCUT2D eigenvalue weighted by atomic mass is 16.3. The second-order valence-corrected chi connectivity index (χ2v) is 7.28. The van der Waals surface area contributed by atoms with E-state index in [4.69, 9.17) is 0 Å². The molecule has 6 nitrogen and oxygen atoms in total. The van der Waals surface area contributed by atoms with Gasteiger partial charge in [-0.05, 0) is 31.5 Å². The van der Waals surface area contributed by atoms with E-state index in [2.05, 4.69) is 31.2 Å². The third-order valence-electron chi connectivity index (χ3n) is 5.12. The number of rotatable bonds is 3. The Balaban J connectivity index is 1.67. The molecule has 2 heterocycles. The smallest absolute Gasteiger partial charge is 0.270 e. The number of hydrogen-bond donors (Lipinski definition) is 2. The lowest BCUT2D eigenvalue weighted by Crippen LogP contribution is -1.91. The van der Waals surface area contributed by atoms with Gasteiger partial charge in [0.2, 0.25) is 5.88 Å². The number of aromatic hydroxyl groups is 1. The first kappa shape index (κ1) is 18.0. The van der Waals surface area contributed by atoms with Gasteiger partial charge in [0.05, 0.1) is 16.7 Å². The minimum Gasteiger partial charge on any atom is -0.493 e. The summed E-state index contributed by atoms with van der Waals surface area (Å²) in [7, 11) is 0. The summed E-state index contributed by atoms with van der Waals surface area (Å²) >= 11 is 0. The molecule has 6 heteroatoms. The minimum absolute atomic E-state index is 0.0252. The second kappa shape index (κ2) is 7.08. The Morgan fingerprint density at radius 1 is 0.833 bits per heavy atom. The molecule has 0 aliphatic heterocycles. The van der Waals surface area contributed by atoms with E-state index in [1.807, 2.05) is 74.5 Å². The van der Waals surface area contributed by atoms with E-state index in [0.29, 0.717) is 5.69 Å². The number of azo groups is 1. The van der Waals surface area contributed by atoms with Crippen LogP contribution < -0.4 is 0 Å². The number of aromatic nitrogens is 3. The molecule has 0 unspecified atom stereocenters. The van der Waals surface area contributed by atoms with Crippen LogP contribution in [-0.4, -0.2) is 20.1 Å². The quantitative estimate of drug-likeness (QED) is 0.342. The SMILES string of the molecule is Cc1ccc2nc(N=Nc3c(O)[nH]c4c(C)cccc34)nc(-c3ccccc3)c2c1. The lowest BCUT2D eigenvalue weighted by molar-refractivity contribution is 0.459. The van der Waals surface area contributed by atoms with Crippen molar-refractivity contribution in [1.82, 2.24) is 15.0 Å². The number of hydrogen-bond acceptors (Lipinski definition) is 5. The van der Waals surface area contributed by atoms with Crippen LogP contribution in [0.3, 0.4) is 0 Å². The van der Waals surface area contributed by atoms with Crippen molar-refractivity contribution >= 4 is 33.4 Å². The lowest BCUT2D eigenvalue weighted by Gasteiger charge is -2.07. The average Bonchev–Trinajstić information content (AvgIpc) is 3.09. The summed E-state index contributed by atoms with van der Waals surface area (Å²) in [6, 6.07) is 21.8. The van der Waals surface area contributed by atoms with Crippen LogP contribution in [0.4, 0.5) is 11.6 Å². The van der Waals surface area contributed by atoms with Gasteiger partial charge in [-0.2, -0.15) is 0 Å². The predicted molar refractivity (Wildman–Crippen MR) is 119 cm³/mol. The second-order valence-electron chi connectivity index (χ2n) is 7.28. The summed E-state index contributed by atoms with van der Waals surface area (Å²) in [5.41, 5.74) is 5.95. The first-order valence-electron chi connectivity index (χ1n) is 9.66. The summed E-state index contributed by atoms with van der Waals surface area (Å²) < 4.78 is 0. The first-order valence-corrected chi connectivity index (χ1v) is 9.66. The maximum Gasteiger partial charge on any atom is 0.270 e. The van der Waals surface area contributed by atoms with Crippen LogP contribution in [0.1, 0.15) is 11.1 Å². The Labute approximate surface area is 173 Å². The molecule has 5 rings (SSSR count). The molecule has 2 aromatic heterocycles. The van der Waals surface area contributed by atoms with Crippen molar-refractivity contribution in [3.8, 4) is 17.1 Å². The molecule has 3 aromatic carbocycles. The van der Waals surface area contributed by atoms with Crippen molar-refractivity contribution < 1.29 is 5.11 Å². The van der Waals surface area contributed by atoms with Crippen LogP contribution in [-0.2, 0) is 0 Å². The third-order valence-corrected chi connectivity index (χ3v) is 5.12. The topological polar surface area (TPSA) is 86.5 Å². The van der Waals surface area contributed by atoms with Gasteiger partial charge in [0, 0.05) is 16.3 Å². The van der Waals surface area contributed by atoms with Crippen molar-refractivity contribution in [2.24, 2.45) is 10.2 Å². The lowest BCUT2D eigenvalue weighted by atomic mass is 10.0. The van der Waals surface area contributed by atoms with Crippen LogP contribution in [0.2, 0.25) is 0 Å². The number of benzene rings is 3. The highest BCUT2D eigenvalue weighted by Gasteiger charge is 2.13. The number of aryl methyl sites for hydroxylation is 2. The zero-order chi connectivity index (χ0) is 20.7. The van der Waals surface area contributed by atoms with E-state index >= 15 is 0 Å². The molecule has 30 heavy (non-hydrogen) atoms. The fourth-order valence-electron chi connectivity index (χ4n) is 3.62. The van der Waals surface area contributed by atoms with Gasteiger partial charge in [-0.3, -0.25) is 0 Å². The van der Waals surface area contributed by atoms with Gasteiger partial charge in [-0.1, -0.05) is 60.2 Å². The van der Waals surface area contributed by atoms with E-state index in [1.54, 1.807) is 0 Å². The molecule has 0 saturated carbocycles. The Kier molecular flexibility index (Phi) is 4.25. The van der Waals surface area contributed by atoms with Crippen LogP contribution in [0.5, 0.6) is 5.88 Å². The van der Waals surface area contributed by atoms with Gasteiger partial charge in [0.15, 0.2) is 5.69 Å². The summed E-state index contributed by atoms with van der Waals surface area (Å²) in [4.78, 5) is 12.2. The van der Waals surface area contributed by atoms with E-state index in [-0.39, 0.29) is 11.8 Å². The van der Waals surface area contributed by atoms with Gasteiger partial charge in [-0.15, -0.1) is 10.2 Å². The molecule has 0 spiro atoms. The monoisotopic (exact) mass is 393 g/mol. The van der Waals surface area contributed by atoms with Crippen molar-refractivity contribution in [2.75, 3.05) is 0 Å². The van der Waals surface area contributed by atoms with Crippen molar-refractivity contribution in [2.45, 2.75) is 13.8 Å². The molecule has 0 fully saturated rings. The van der Waals surface area contributed by atoms with Crippen LogP contribution in [0.25, 0.3) is 33.1 Å². The Hall–Kier alpha value is -4.06. The summed E-state index contributed by atoms with van der Waals surface area (Å²) in [6.07, 6.45) is 0. The van der Waals surface area contributed by atoms with Crippen LogP contribution in [0, 0.1) is 13.8 Å². The van der Waals surface area contributed by atoms with Crippen molar-refractivity contribution in [3.63, 3.8) is 0 Å². The molecule has 0 radical (unpaired) electrons. The standard InChI is InChI=1S/C24H19N5O/c1-14-11-12-19-18(13-14)21(16-8-4-3-5-9-16)27-24(25-19)29-28-22-17-10-6-7-15(2)20(17)26-23(22)30/h3-13,26,30H,1-2H3. The molecule has 5 aromatic rings. The molecule has 0 saturated heterocycles. The van der Waals surface area contributed by atoms with Gasteiger partial charge in [-0.25, -0.2) is 9.97 Å². The van der Waals surface area contributed by atoms with Gasteiger partial charge >= 0.3 is 0 Å². The number of para-hydroxylation sites is 1. The van der Waals surface area contributed by atoms with E-state index < -0.39 is 0 Å². The highest BCUT2D eigenvalue weighted by Crippen LogP contribution is 2.37. The highest BCUT2D eigenvalue weighted by molar-refractivity contribution is 5.96. The molecule has 0 aliphatic rings. The fraction of sp³-hybridized carbons (Fsp3) is 0.0833. The molecule has 146 valence electrons. The maximum atomic E-state index is 10.3. The average molecular weight is 393 g/mol. The summed E-state index contributed by atoms with van der Waals surface area (Å²) in [5.74, 6) is 0.217. The summed E-state index contributed by atoms with van der Waals surface area (Å²) in [6.45, 7) is 4.02. The van der Waals surface area contributed by atoms with E-state index in [9.17, 15) is 5.11 Å². The van der Waals surface area contributed by atoms with Gasteiger partial charge < -0.3 is 10.1 Å². The zero-order valence-electron chi connectivity index (χ0n) is 16.6.